The molecule has 1 N–H and O–H groups in total. The van der Waals surface area contributed by atoms with Crippen LogP contribution >= 0.6 is 45.2 Å². The Morgan fingerprint density at radius 3 is 1.29 bits per heavy atom. The Hall–Kier alpha value is 0.320. The van der Waals surface area contributed by atoms with Crippen molar-refractivity contribution in [2.24, 2.45) is 0 Å². The van der Waals surface area contributed by atoms with E-state index in [0.717, 1.165) is 0 Å². The summed E-state index contributed by atoms with van der Waals surface area (Å²) in [5.74, 6) is 0. The monoisotopic (exact) mass is 483 g/mol. The molecule has 0 aliphatic carbocycles. The topological polar surface area (TPSA) is 15.8 Å². The largest absolute Gasteiger partial charge is 0.393 e. The van der Waals surface area contributed by atoms with Crippen LogP contribution in [0.15, 0.2) is 0 Å². The normalized spacial score (nSPS) is 13.2. The Morgan fingerprint density at radius 2 is 1.06 bits per heavy atom. The van der Waals surface area contributed by atoms with E-state index in [0.29, 0.717) is 0 Å². The zero-order valence-electron chi connectivity index (χ0n) is 7.94. The van der Waals surface area contributed by atoms with Crippen molar-refractivity contribution in [1.29, 1.82) is 0 Å². The zero-order valence-corrected chi connectivity index (χ0v) is 12.3. The first-order valence-electron chi connectivity index (χ1n) is 4.18. The Kier molecular flexibility index (Phi) is 4.64. The van der Waals surface area contributed by atoms with Gasteiger partial charge >= 0.3 is 12.4 Å². The molecule has 0 spiro atoms. The number of alkyl halides is 6. The summed E-state index contributed by atoms with van der Waals surface area (Å²) in [6.07, 6.45) is -11.7. The van der Waals surface area contributed by atoms with Gasteiger partial charge in [0.05, 0.1) is 20.2 Å². The molecule has 1 nitrogen and oxygen atoms in total. The second kappa shape index (κ2) is 5.13. The third-order valence-corrected chi connectivity index (χ3v) is 3.71. The van der Waals surface area contributed by atoms with Gasteiger partial charge in [0.25, 0.3) is 0 Å². The molecule has 0 aliphatic rings. The van der Waals surface area contributed by atoms with E-state index in [1.807, 2.05) is 0 Å². The van der Waals surface area contributed by atoms with Crippen molar-refractivity contribution >= 4 is 45.2 Å². The molecule has 1 rings (SSSR count). The minimum atomic E-state index is -4.52. The van der Waals surface area contributed by atoms with Gasteiger partial charge in [0, 0.05) is 0 Å². The average molecular weight is 483 g/mol. The van der Waals surface area contributed by atoms with Crippen LogP contribution in [-0.4, -0.2) is 17.3 Å². The minimum Gasteiger partial charge on any atom is -0.345 e. The predicted molar refractivity (Wildman–Crippen MR) is 65.7 cm³/mol. The zero-order chi connectivity index (χ0) is 13.4. The maximum absolute atomic E-state index is 12.2. The Labute approximate surface area is 120 Å². The molecule has 0 atom stereocenters. The van der Waals surface area contributed by atoms with Crippen LogP contribution in [0.25, 0.3) is 0 Å². The summed E-state index contributed by atoms with van der Waals surface area (Å²) in [7, 11) is 0. The maximum Gasteiger partial charge on any atom is 0.393 e. The number of nitrogens with one attached hydrogen (secondary N) is 1. The third kappa shape index (κ3) is 4.83. The number of aromatic amines is 1. The van der Waals surface area contributed by atoms with Crippen molar-refractivity contribution in [3.8, 4) is 0 Å². The van der Waals surface area contributed by atoms with Crippen LogP contribution in [0.3, 0.4) is 0 Å². The summed E-state index contributed by atoms with van der Waals surface area (Å²) >= 11 is 3.14. The van der Waals surface area contributed by atoms with Gasteiger partial charge in [-0.1, -0.05) is 0 Å². The highest BCUT2D eigenvalue weighted by Crippen LogP contribution is 2.33. The molecule has 1 aromatic rings. The molecule has 0 radical (unpaired) electrons. The first-order valence-corrected chi connectivity index (χ1v) is 6.33. The van der Waals surface area contributed by atoms with Crippen LogP contribution in [0, 0.1) is 7.40 Å². The summed E-state index contributed by atoms with van der Waals surface area (Å²) in [6, 6.07) is 0. The number of hydrogen-bond donors (Lipinski definition) is 1. The van der Waals surface area contributed by atoms with Crippen molar-refractivity contribution in [3.05, 3.63) is 18.5 Å². The molecule has 0 aliphatic heterocycles. The summed E-state index contributed by atoms with van der Waals surface area (Å²) in [5.41, 5.74) is -0.639. The highest BCUT2D eigenvalue weighted by atomic mass is 127. The van der Waals surface area contributed by atoms with Gasteiger partial charge in [-0.05, 0) is 56.3 Å². The Bertz CT molecular complexity index is 369. The molecular weight excluding hydrogens is 478 g/mol. The summed E-state index contributed by atoms with van der Waals surface area (Å²) in [6.45, 7) is 0. The van der Waals surface area contributed by atoms with E-state index >= 15 is 0 Å². The lowest BCUT2D eigenvalue weighted by Gasteiger charge is -2.10. The van der Waals surface area contributed by atoms with Crippen LogP contribution in [-0.2, 0) is 12.8 Å². The SMILES string of the molecule is FC(F)(F)Cc1c(I)[nH]c(I)c1CC(F)(F)F. The summed E-state index contributed by atoms with van der Waals surface area (Å²) in [4.78, 5) is 2.49. The molecule has 98 valence electrons. The fourth-order valence-corrected chi connectivity index (χ4v) is 3.37. The van der Waals surface area contributed by atoms with Crippen LogP contribution in [0.5, 0.6) is 0 Å². The first kappa shape index (κ1) is 15.4. The Morgan fingerprint density at radius 1 is 0.765 bits per heavy atom. The molecule has 9 heteroatoms. The van der Waals surface area contributed by atoms with Gasteiger partial charge in [-0.15, -0.1) is 0 Å². The van der Waals surface area contributed by atoms with Crippen molar-refractivity contribution in [2.75, 3.05) is 0 Å². The van der Waals surface area contributed by atoms with Crippen LogP contribution in [0.1, 0.15) is 11.1 Å². The molecule has 0 unspecified atom stereocenters. The van der Waals surface area contributed by atoms with E-state index in [4.69, 9.17) is 0 Å². The fraction of sp³-hybridized carbons (Fsp3) is 0.500. The molecule has 0 saturated carbocycles. The molecule has 0 saturated heterocycles. The molecule has 17 heavy (non-hydrogen) atoms. The third-order valence-electron chi connectivity index (χ3n) is 1.87. The second-order valence-electron chi connectivity index (χ2n) is 3.29. The predicted octanol–water partition coefficient (Wildman–Crippen LogP) is 4.43. The van der Waals surface area contributed by atoms with E-state index in [1.54, 1.807) is 45.2 Å². The average Bonchev–Trinajstić information content (AvgIpc) is 2.27. The van der Waals surface area contributed by atoms with Gasteiger partial charge in [0.1, 0.15) is 0 Å². The second-order valence-corrected chi connectivity index (χ2v) is 5.45. The lowest BCUT2D eigenvalue weighted by atomic mass is 10.1. The highest BCUT2D eigenvalue weighted by Gasteiger charge is 2.36. The van der Waals surface area contributed by atoms with Gasteiger partial charge in [0.15, 0.2) is 0 Å². The van der Waals surface area contributed by atoms with Gasteiger partial charge < -0.3 is 4.98 Å². The van der Waals surface area contributed by atoms with E-state index in [9.17, 15) is 26.3 Å². The fourth-order valence-electron chi connectivity index (χ4n) is 1.28. The number of rotatable bonds is 2. The van der Waals surface area contributed by atoms with Gasteiger partial charge in [0.2, 0.25) is 0 Å². The van der Waals surface area contributed by atoms with Crippen LogP contribution < -0.4 is 0 Å². The lowest BCUT2D eigenvalue weighted by Crippen LogP contribution is -2.17. The molecular formula is C8H5F6I2N. The summed E-state index contributed by atoms with van der Waals surface area (Å²) < 4.78 is 73.7. The lowest BCUT2D eigenvalue weighted by molar-refractivity contribution is -0.132. The molecule has 1 heterocycles. The van der Waals surface area contributed by atoms with E-state index in [-0.39, 0.29) is 18.5 Å². The Balaban J connectivity index is 3.11. The van der Waals surface area contributed by atoms with Crippen LogP contribution in [0.2, 0.25) is 0 Å². The molecule has 0 aromatic carbocycles. The van der Waals surface area contributed by atoms with Crippen molar-refractivity contribution < 1.29 is 26.3 Å². The number of H-pyrrole nitrogens is 1. The molecule has 0 fully saturated rings. The molecule has 0 amide bonds. The van der Waals surface area contributed by atoms with E-state index in [1.165, 1.54) is 0 Å². The molecule has 1 aromatic heterocycles. The first-order chi connectivity index (χ1) is 7.49. The number of hydrogen-bond acceptors (Lipinski definition) is 0. The number of halogens is 8. The van der Waals surface area contributed by atoms with E-state index < -0.39 is 25.2 Å². The van der Waals surface area contributed by atoms with Crippen molar-refractivity contribution in [1.82, 2.24) is 4.98 Å². The number of aromatic nitrogens is 1. The highest BCUT2D eigenvalue weighted by molar-refractivity contribution is 14.1. The van der Waals surface area contributed by atoms with Crippen molar-refractivity contribution in [2.45, 2.75) is 25.2 Å². The quantitative estimate of drug-likeness (QED) is 0.474. The van der Waals surface area contributed by atoms with E-state index in [2.05, 4.69) is 4.98 Å². The summed E-state index contributed by atoms with van der Waals surface area (Å²) in [5, 5.41) is 0. The smallest absolute Gasteiger partial charge is 0.345 e. The standard InChI is InChI=1S/C8H5F6I2N/c9-7(10,11)1-3-4(2-8(12,13)14)6(16)17-5(3)15/h17H,1-2H2. The van der Waals surface area contributed by atoms with Crippen molar-refractivity contribution in [3.63, 3.8) is 0 Å². The van der Waals surface area contributed by atoms with Crippen LogP contribution in [0.4, 0.5) is 26.3 Å². The molecule has 0 bridgehead atoms. The van der Waals surface area contributed by atoms with Gasteiger partial charge in [-0.2, -0.15) is 26.3 Å². The van der Waals surface area contributed by atoms with Gasteiger partial charge in [-0.3, -0.25) is 0 Å². The minimum absolute atomic E-state index is 0.101. The maximum atomic E-state index is 12.2. The van der Waals surface area contributed by atoms with Gasteiger partial charge in [-0.25, -0.2) is 0 Å².